The number of nitrogens with zero attached hydrogens (tertiary/aromatic N) is 1. The highest BCUT2D eigenvalue weighted by Crippen LogP contribution is 2.20. The Kier molecular flexibility index (Phi) is 10.5. The second-order valence-corrected chi connectivity index (χ2v) is 10.8. The van der Waals surface area contributed by atoms with Crippen LogP contribution < -0.4 is 10.6 Å². The van der Waals surface area contributed by atoms with Crippen molar-refractivity contribution in [2.24, 2.45) is 0 Å². The predicted octanol–water partition coefficient (Wildman–Crippen LogP) is 5.72. The highest BCUT2D eigenvalue weighted by molar-refractivity contribution is 7.10. The average Bonchev–Trinajstić information content (AvgIpc) is 3.55. The molecule has 192 valence electrons. The zero-order chi connectivity index (χ0) is 25.9. The van der Waals surface area contributed by atoms with E-state index in [9.17, 15) is 19.5 Å². The van der Waals surface area contributed by atoms with Crippen LogP contribution >= 0.6 is 22.7 Å². The maximum atomic E-state index is 13.7. The minimum absolute atomic E-state index is 0.148. The fourth-order valence-electron chi connectivity index (χ4n) is 3.86. The van der Waals surface area contributed by atoms with Crippen LogP contribution in [-0.2, 0) is 22.7 Å². The van der Waals surface area contributed by atoms with E-state index in [1.807, 2.05) is 73.1 Å². The second kappa shape index (κ2) is 13.8. The molecule has 0 fully saturated rings. The molecule has 0 aliphatic rings. The molecule has 3 N–H and O–H groups in total. The van der Waals surface area contributed by atoms with Crippen molar-refractivity contribution in [1.29, 1.82) is 0 Å². The third-order valence-electron chi connectivity index (χ3n) is 5.78. The molecule has 0 aliphatic heterocycles. The number of benzene rings is 1. The van der Waals surface area contributed by atoms with Crippen LogP contribution in [0.15, 0.2) is 59.3 Å². The van der Waals surface area contributed by atoms with Crippen molar-refractivity contribution in [2.75, 3.05) is 0 Å². The van der Waals surface area contributed by atoms with Gasteiger partial charge in [0.1, 0.15) is 6.04 Å². The number of urea groups is 1. The molecule has 0 saturated carbocycles. The van der Waals surface area contributed by atoms with Gasteiger partial charge in [-0.25, -0.2) is 4.79 Å². The molecule has 3 aromatic rings. The van der Waals surface area contributed by atoms with Gasteiger partial charge >= 0.3 is 12.0 Å². The van der Waals surface area contributed by atoms with E-state index in [2.05, 4.69) is 10.6 Å². The highest BCUT2D eigenvalue weighted by atomic mass is 32.1. The number of aliphatic carboxylic acids is 1. The van der Waals surface area contributed by atoms with Crippen molar-refractivity contribution in [1.82, 2.24) is 15.5 Å². The summed E-state index contributed by atoms with van der Waals surface area (Å²) in [5.74, 6) is -1.16. The van der Waals surface area contributed by atoms with Gasteiger partial charge in [0, 0.05) is 9.75 Å². The molecule has 1 aromatic carbocycles. The zero-order valence-corrected chi connectivity index (χ0v) is 22.2. The van der Waals surface area contributed by atoms with Crippen LogP contribution in [0.1, 0.15) is 59.5 Å². The Morgan fingerprint density at radius 3 is 2.06 bits per heavy atom. The Balaban J connectivity index is 1.76. The summed E-state index contributed by atoms with van der Waals surface area (Å²) in [7, 11) is 0. The van der Waals surface area contributed by atoms with Gasteiger partial charge < -0.3 is 20.6 Å². The van der Waals surface area contributed by atoms with E-state index in [0.29, 0.717) is 25.1 Å². The molecule has 9 heteroatoms. The van der Waals surface area contributed by atoms with E-state index in [1.54, 1.807) is 27.6 Å². The molecule has 7 nitrogen and oxygen atoms in total. The largest absolute Gasteiger partial charge is 0.481 e. The Morgan fingerprint density at radius 2 is 1.56 bits per heavy atom. The van der Waals surface area contributed by atoms with E-state index >= 15 is 0 Å². The maximum absolute atomic E-state index is 13.7. The standard InChI is InChI=1S/C27H33N3O4S2/c1-3-4-9-23(26(33)30(17-21-7-5-14-35-21)18-22-8-6-15-36-22)28-27(34)29-24(16-25(31)32)20-12-10-19(2)11-13-20/h5-8,10-15,23-24H,3-4,9,16-18H2,1-2H3,(H,31,32)(H2,28,29,34)/t23-,24-/m0/s1. The lowest BCUT2D eigenvalue weighted by atomic mass is 10.0. The molecular formula is C27H33N3O4S2. The maximum Gasteiger partial charge on any atom is 0.315 e. The number of amides is 3. The lowest BCUT2D eigenvalue weighted by Crippen LogP contribution is -2.51. The number of aryl methyl sites for hydroxylation is 1. The van der Waals surface area contributed by atoms with E-state index in [0.717, 1.165) is 28.2 Å². The number of carbonyl (C=O) groups excluding carboxylic acids is 2. The molecule has 0 aliphatic carbocycles. The van der Waals surface area contributed by atoms with Gasteiger partial charge in [0.05, 0.1) is 25.6 Å². The molecule has 0 spiro atoms. The monoisotopic (exact) mass is 527 g/mol. The number of carboxylic acid groups (broad SMARTS) is 1. The summed E-state index contributed by atoms with van der Waals surface area (Å²) in [5, 5.41) is 19.0. The van der Waals surface area contributed by atoms with Crippen molar-refractivity contribution in [2.45, 2.75) is 64.7 Å². The lowest BCUT2D eigenvalue weighted by molar-refractivity contribution is -0.137. The van der Waals surface area contributed by atoms with Crippen molar-refractivity contribution in [3.8, 4) is 0 Å². The molecule has 36 heavy (non-hydrogen) atoms. The van der Waals surface area contributed by atoms with E-state index in [4.69, 9.17) is 0 Å². The van der Waals surface area contributed by atoms with Gasteiger partial charge in [0.25, 0.3) is 0 Å². The third kappa shape index (κ3) is 8.49. The van der Waals surface area contributed by atoms with Crippen LogP contribution in [0, 0.1) is 6.92 Å². The molecule has 0 saturated heterocycles. The van der Waals surface area contributed by atoms with Crippen molar-refractivity contribution < 1.29 is 19.5 Å². The first-order valence-electron chi connectivity index (χ1n) is 12.0. The number of rotatable bonds is 13. The molecule has 3 rings (SSSR count). The Morgan fingerprint density at radius 1 is 0.944 bits per heavy atom. The summed E-state index contributed by atoms with van der Waals surface area (Å²) < 4.78 is 0. The van der Waals surface area contributed by atoms with E-state index < -0.39 is 24.1 Å². The molecule has 0 unspecified atom stereocenters. The van der Waals surface area contributed by atoms with Gasteiger partial charge in [-0.2, -0.15) is 0 Å². The number of carbonyl (C=O) groups is 3. The summed E-state index contributed by atoms with van der Waals surface area (Å²) in [4.78, 5) is 42.1. The van der Waals surface area contributed by atoms with Crippen LogP contribution in [0.2, 0.25) is 0 Å². The van der Waals surface area contributed by atoms with Crippen molar-refractivity contribution >= 4 is 40.6 Å². The Labute approximate surface area is 220 Å². The van der Waals surface area contributed by atoms with Gasteiger partial charge in [-0.05, 0) is 41.8 Å². The van der Waals surface area contributed by atoms with Crippen molar-refractivity contribution in [3.05, 3.63) is 80.2 Å². The highest BCUT2D eigenvalue weighted by Gasteiger charge is 2.28. The predicted molar refractivity (Wildman–Crippen MR) is 144 cm³/mol. The number of carboxylic acids is 1. The Hall–Kier alpha value is -3.17. The summed E-state index contributed by atoms with van der Waals surface area (Å²) in [6.45, 7) is 4.91. The number of hydrogen-bond donors (Lipinski definition) is 3. The normalized spacial score (nSPS) is 12.5. The van der Waals surface area contributed by atoms with Crippen LogP contribution in [0.25, 0.3) is 0 Å². The summed E-state index contributed by atoms with van der Waals surface area (Å²) in [5.41, 5.74) is 1.74. The van der Waals surface area contributed by atoms with Crippen LogP contribution in [0.4, 0.5) is 4.79 Å². The smallest absolute Gasteiger partial charge is 0.315 e. The molecule has 3 amide bonds. The molecular weight excluding hydrogens is 494 g/mol. The van der Waals surface area contributed by atoms with Gasteiger partial charge in [0.15, 0.2) is 0 Å². The fourth-order valence-corrected chi connectivity index (χ4v) is 5.30. The minimum atomic E-state index is -1.02. The van der Waals surface area contributed by atoms with E-state index in [-0.39, 0.29) is 12.3 Å². The summed E-state index contributed by atoms with van der Waals surface area (Å²) in [6, 6.07) is 13.3. The first kappa shape index (κ1) is 27.4. The molecule has 0 bridgehead atoms. The first-order chi connectivity index (χ1) is 17.4. The number of hydrogen-bond acceptors (Lipinski definition) is 5. The number of unbranched alkanes of at least 4 members (excludes halogenated alkanes) is 1. The van der Waals surface area contributed by atoms with Crippen LogP contribution in [-0.4, -0.2) is 34.0 Å². The third-order valence-corrected chi connectivity index (χ3v) is 7.50. The lowest BCUT2D eigenvalue weighted by Gasteiger charge is -2.28. The minimum Gasteiger partial charge on any atom is -0.481 e. The van der Waals surface area contributed by atoms with Gasteiger partial charge in [0.2, 0.25) is 5.91 Å². The van der Waals surface area contributed by atoms with Gasteiger partial charge in [-0.1, -0.05) is 61.7 Å². The molecule has 2 heterocycles. The quantitative estimate of drug-likeness (QED) is 0.265. The molecule has 2 atom stereocenters. The zero-order valence-electron chi connectivity index (χ0n) is 20.6. The van der Waals surface area contributed by atoms with Gasteiger partial charge in [-0.3, -0.25) is 9.59 Å². The van der Waals surface area contributed by atoms with Crippen molar-refractivity contribution in [3.63, 3.8) is 0 Å². The van der Waals surface area contributed by atoms with Gasteiger partial charge in [-0.15, -0.1) is 22.7 Å². The Bertz CT molecular complexity index is 1060. The molecule has 0 radical (unpaired) electrons. The second-order valence-electron chi connectivity index (χ2n) is 8.73. The topological polar surface area (TPSA) is 98.7 Å². The average molecular weight is 528 g/mol. The van der Waals surface area contributed by atoms with Crippen LogP contribution in [0.3, 0.4) is 0 Å². The summed E-state index contributed by atoms with van der Waals surface area (Å²) in [6.07, 6.45) is 1.90. The SMILES string of the molecule is CCCC[C@H](NC(=O)N[C@@H](CC(=O)O)c1ccc(C)cc1)C(=O)N(Cc1cccs1)Cc1cccs1. The van der Waals surface area contributed by atoms with E-state index in [1.165, 1.54) is 0 Å². The summed E-state index contributed by atoms with van der Waals surface area (Å²) >= 11 is 3.18. The fraction of sp³-hybridized carbons (Fsp3) is 0.370. The number of thiophene rings is 2. The first-order valence-corrected chi connectivity index (χ1v) is 13.8. The molecule has 2 aromatic heterocycles. The number of nitrogens with one attached hydrogen (secondary N) is 2. The van der Waals surface area contributed by atoms with Crippen LogP contribution in [0.5, 0.6) is 0 Å².